The van der Waals surface area contributed by atoms with Gasteiger partial charge in [-0.2, -0.15) is 0 Å². The van der Waals surface area contributed by atoms with Gasteiger partial charge in [-0.25, -0.2) is 4.98 Å². The average Bonchev–Trinajstić information content (AvgIpc) is 2.81. The molecule has 0 radical (unpaired) electrons. The maximum absolute atomic E-state index is 12.2. The van der Waals surface area contributed by atoms with E-state index in [0.717, 1.165) is 11.1 Å². The third-order valence-corrected chi connectivity index (χ3v) is 3.36. The molecule has 3 aromatic rings. The van der Waals surface area contributed by atoms with Crippen molar-refractivity contribution in [1.82, 2.24) is 15.2 Å². The van der Waals surface area contributed by atoms with E-state index in [0.29, 0.717) is 22.8 Å². The molecule has 0 unspecified atom stereocenters. The Morgan fingerprint density at radius 1 is 0.700 bits per heavy atom. The third kappa shape index (κ3) is 1.48. The second-order valence-corrected chi connectivity index (χ2v) is 4.57. The minimum absolute atomic E-state index is 0.102. The van der Waals surface area contributed by atoms with Crippen LogP contribution < -0.4 is 0 Å². The molecule has 0 spiro atoms. The molecule has 0 aliphatic heterocycles. The molecule has 0 N–H and O–H groups in total. The van der Waals surface area contributed by atoms with Crippen LogP contribution in [0.4, 0.5) is 0 Å². The van der Waals surface area contributed by atoms with Gasteiger partial charge in [0, 0.05) is 16.7 Å². The lowest BCUT2D eigenvalue weighted by Gasteiger charge is -2.01. The summed E-state index contributed by atoms with van der Waals surface area (Å²) in [5.74, 6) is 0.434. The summed E-state index contributed by atoms with van der Waals surface area (Å²) < 4.78 is 0. The predicted molar refractivity (Wildman–Crippen MR) is 74.1 cm³/mol. The van der Waals surface area contributed by atoms with Crippen LogP contribution in [-0.4, -0.2) is 21.0 Å². The molecule has 4 heteroatoms. The fourth-order valence-corrected chi connectivity index (χ4v) is 2.39. The van der Waals surface area contributed by atoms with E-state index in [4.69, 9.17) is 0 Å². The first kappa shape index (κ1) is 11.0. The first-order chi connectivity index (χ1) is 9.84. The smallest absolute Gasteiger partial charge is 0.216 e. The molecule has 2 aromatic carbocycles. The highest BCUT2D eigenvalue weighted by molar-refractivity contribution is 6.19. The van der Waals surface area contributed by atoms with Crippen molar-refractivity contribution in [2.45, 2.75) is 0 Å². The number of aromatic nitrogens is 3. The zero-order valence-electron chi connectivity index (χ0n) is 10.4. The largest absolute Gasteiger partial charge is 0.287 e. The van der Waals surface area contributed by atoms with Crippen LogP contribution in [-0.2, 0) is 0 Å². The molecule has 1 heterocycles. The van der Waals surface area contributed by atoms with Crippen LogP contribution >= 0.6 is 0 Å². The highest BCUT2D eigenvalue weighted by Crippen LogP contribution is 2.34. The zero-order chi connectivity index (χ0) is 13.5. The second kappa shape index (κ2) is 4.06. The maximum atomic E-state index is 12.2. The molecule has 0 saturated heterocycles. The molecule has 94 valence electrons. The van der Waals surface area contributed by atoms with Crippen LogP contribution in [0.2, 0.25) is 0 Å². The van der Waals surface area contributed by atoms with Gasteiger partial charge in [0.15, 0.2) is 11.5 Å². The lowest BCUT2D eigenvalue weighted by molar-refractivity contribution is 0.103. The molecule has 0 saturated carbocycles. The van der Waals surface area contributed by atoms with Crippen LogP contribution in [0.25, 0.3) is 22.6 Å². The number of hydrogen-bond donors (Lipinski definition) is 0. The van der Waals surface area contributed by atoms with Crippen LogP contribution in [0.3, 0.4) is 0 Å². The fraction of sp³-hybridized carbons (Fsp3) is 0. The molecule has 4 nitrogen and oxygen atoms in total. The van der Waals surface area contributed by atoms with Gasteiger partial charge < -0.3 is 0 Å². The zero-order valence-corrected chi connectivity index (χ0v) is 10.4. The minimum atomic E-state index is -0.102. The van der Waals surface area contributed by atoms with Crippen LogP contribution in [0.5, 0.6) is 0 Å². The molecular weight excluding hydrogens is 250 g/mol. The number of carbonyl (C=O) groups is 1. The van der Waals surface area contributed by atoms with Crippen LogP contribution in [0.15, 0.2) is 54.6 Å². The molecular formula is C16H9N3O. The summed E-state index contributed by atoms with van der Waals surface area (Å²) in [6.07, 6.45) is 0. The van der Waals surface area contributed by atoms with E-state index < -0.39 is 0 Å². The van der Waals surface area contributed by atoms with E-state index in [2.05, 4.69) is 15.2 Å². The van der Waals surface area contributed by atoms with Crippen molar-refractivity contribution in [2.24, 2.45) is 0 Å². The van der Waals surface area contributed by atoms with Crippen molar-refractivity contribution in [1.29, 1.82) is 0 Å². The fourth-order valence-electron chi connectivity index (χ4n) is 2.39. The predicted octanol–water partition coefficient (Wildman–Crippen LogP) is 2.75. The van der Waals surface area contributed by atoms with Crippen molar-refractivity contribution >= 4 is 5.78 Å². The molecule has 1 aliphatic rings. The summed E-state index contributed by atoms with van der Waals surface area (Å²) in [5, 5.41) is 8.14. The van der Waals surface area contributed by atoms with E-state index in [9.17, 15) is 4.79 Å². The number of fused-ring (bicyclic) bond motifs is 3. The first-order valence-corrected chi connectivity index (χ1v) is 6.29. The normalized spacial score (nSPS) is 12.1. The van der Waals surface area contributed by atoms with Gasteiger partial charge in [-0.05, 0) is 0 Å². The molecule has 0 fully saturated rings. The van der Waals surface area contributed by atoms with Crippen molar-refractivity contribution in [3.8, 4) is 22.6 Å². The summed E-state index contributed by atoms with van der Waals surface area (Å²) in [6.45, 7) is 0. The Hall–Kier alpha value is -2.88. The van der Waals surface area contributed by atoms with Gasteiger partial charge in [-0.3, -0.25) is 4.79 Å². The molecule has 0 amide bonds. The van der Waals surface area contributed by atoms with E-state index in [1.54, 1.807) is 6.07 Å². The molecule has 20 heavy (non-hydrogen) atoms. The van der Waals surface area contributed by atoms with Gasteiger partial charge in [-0.15, -0.1) is 10.2 Å². The quantitative estimate of drug-likeness (QED) is 0.527. The van der Waals surface area contributed by atoms with Gasteiger partial charge in [0.2, 0.25) is 5.78 Å². The SMILES string of the molecule is O=C1c2ccccc2-c2nc(-c3ccccc3)nnc21. The Labute approximate surface area is 115 Å². The molecule has 0 bridgehead atoms. The van der Waals surface area contributed by atoms with Crippen molar-refractivity contribution in [2.75, 3.05) is 0 Å². The van der Waals surface area contributed by atoms with Crippen LogP contribution in [0, 0.1) is 0 Å². The maximum Gasteiger partial charge on any atom is 0.216 e. The van der Waals surface area contributed by atoms with Gasteiger partial charge in [0.05, 0.1) is 0 Å². The van der Waals surface area contributed by atoms with Crippen molar-refractivity contribution < 1.29 is 4.79 Å². The number of benzene rings is 2. The van der Waals surface area contributed by atoms with Crippen molar-refractivity contribution in [3.63, 3.8) is 0 Å². The summed E-state index contributed by atoms with van der Waals surface area (Å²) in [7, 11) is 0. The Kier molecular flexibility index (Phi) is 2.23. The Bertz CT molecular complexity index is 828. The molecule has 1 aliphatic carbocycles. The number of rotatable bonds is 1. The lowest BCUT2D eigenvalue weighted by Crippen LogP contribution is -2.03. The van der Waals surface area contributed by atoms with Gasteiger partial charge in [-0.1, -0.05) is 54.6 Å². The Morgan fingerprint density at radius 2 is 1.40 bits per heavy atom. The topological polar surface area (TPSA) is 55.7 Å². The average molecular weight is 259 g/mol. The third-order valence-electron chi connectivity index (χ3n) is 3.36. The highest BCUT2D eigenvalue weighted by atomic mass is 16.1. The monoisotopic (exact) mass is 259 g/mol. The number of nitrogens with zero attached hydrogens (tertiary/aromatic N) is 3. The van der Waals surface area contributed by atoms with E-state index >= 15 is 0 Å². The second-order valence-electron chi connectivity index (χ2n) is 4.57. The summed E-state index contributed by atoms with van der Waals surface area (Å²) in [4.78, 5) is 16.7. The van der Waals surface area contributed by atoms with Gasteiger partial charge >= 0.3 is 0 Å². The molecule has 1 aromatic heterocycles. The number of ketones is 1. The lowest BCUT2D eigenvalue weighted by atomic mass is 10.1. The Balaban J connectivity index is 1.94. The number of carbonyl (C=O) groups excluding carboxylic acids is 1. The Morgan fingerprint density at radius 3 is 2.20 bits per heavy atom. The number of hydrogen-bond acceptors (Lipinski definition) is 4. The molecule has 0 atom stereocenters. The minimum Gasteiger partial charge on any atom is -0.287 e. The summed E-state index contributed by atoms with van der Waals surface area (Å²) in [6, 6.07) is 17.0. The molecule has 4 rings (SSSR count). The summed E-state index contributed by atoms with van der Waals surface area (Å²) >= 11 is 0. The van der Waals surface area contributed by atoms with Crippen LogP contribution in [0.1, 0.15) is 16.1 Å². The van der Waals surface area contributed by atoms with E-state index in [-0.39, 0.29) is 5.78 Å². The van der Waals surface area contributed by atoms with Crippen molar-refractivity contribution in [3.05, 3.63) is 65.9 Å². The van der Waals surface area contributed by atoms with Gasteiger partial charge in [0.1, 0.15) is 5.69 Å². The highest BCUT2D eigenvalue weighted by Gasteiger charge is 2.30. The van der Waals surface area contributed by atoms with Gasteiger partial charge in [0.25, 0.3) is 0 Å². The summed E-state index contributed by atoms with van der Waals surface area (Å²) in [5.41, 5.74) is 3.33. The first-order valence-electron chi connectivity index (χ1n) is 6.29. The van der Waals surface area contributed by atoms with E-state index in [1.807, 2.05) is 48.5 Å². The standard InChI is InChI=1S/C16H9N3O/c20-15-12-9-5-4-8-11(12)13-14(15)18-19-16(17-13)10-6-2-1-3-7-10/h1-9H. The van der Waals surface area contributed by atoms with E-state index in [1.165, 1.54) is 0 Å².